The first kappa shape index (κ1) is 18.4. The van der Waals surface area contributed by atoms with Gasteiger partial charge in [0.05, 0.1) is 31.0 Å². The van der Waals surface area contributed by atoms with Gasteiger partial charge in [-0.25, -0.2) is 4.39 Å². The first-order valence-corrected chi connectivity index (χ1v) is 9.08. The van der Waals surface area contributed by atoms with Gasteiger partial charge in [0.25, 0.3) is 11.5 Å². The number of benzene rings is 1. The minimum atomic E-state index is -0.559. The van der Waals surface area contributed by atoms with E-state index in [2.05, 4.69) is 15.2 Å². The standard InChI is InChI=1S/C20H20FN3O4/c21-14-4-3-13-10-15(20(26)23-16(13)11-14)19(25)22-12-17(18-2-1-7-28-18)24-5-8-27-9-6-24/h1-4,7,10-11,17H,5-6,8-9,12H2,(H,22,25)(H,23,26). The number of carbonyl (C=O) groups excluding carboxylic acids is 1. The highest BCUT2D eigenvalue weighted by Crippen LogP contribution is 2.22. The van der Waals surface area contributed by atoms with Gasteiger partial charge in [-0.2, -0.15) is 0 Å². The topological polar surface area (TPSA) is 87.6 Å². The molecule has 1 aliphatic heterocycles. The van der Waals surface area contributed by atoms with Crippen molar-refractivity contribution in [3.05, 3.63) is 70.2 Å². The third kappa shape index (κ3) is 3.83. The molecule has 3 heterocycles. The average Bonchev–Trinajstić information content (AvgIpc) is 3.22. The molecule has 1 saturated heterocycles. The van der Waals surface area contributed by atoms with Gasteiger partial charge in [0, 0.05) is 19.6 Å². The van der Waals surface area contributed by atoms with Gasteiger partial charge in [0.15, 0.2) is 0 Å². The number of fused-ring (bicyclic) bond motifs is 1. The van der Waals surface area contributed by atoms with Crippen molar-refractivity contribution in [2.45, 2.75) is 6.04 Å². The lowest BCUT2D eigenvalue weighted by Gasteiger charge is -2.33. The molecule has 1 fully saturated rings. The van der Waals surface area contributed by atoms with E-state index in [1.165, 1.54) is 24.3 Å². The number of hydrogen-bond donors (Lipinski definition) is 2. The van der Waals surface area contributed by atoms with Crippen LogP contribution < -0.4 is 10.9 Å². The number of amides is 1. The van der Waals surface area contributed by atoms with E-state index >= 15 is 0 Å². The van der Waals surface area contributed by atoms with Crippen LogP contribution in [0.2, 0.25) is 0 Å². The molecule has 1 aliphatic rings. The summed E-state index contributed by atoms with van der Waals surface area (Å²) in [6.45, 7) is 2.97. The highest BCUT2D eigenvalue weighted by Gasteiger charge is 2.25. The van der Waals surface area contributed by atoms with Crippen LogP contribution in [0, 0.1) is 5.82 Å². The van der Waals surface area contributed by atoms with Crippen LogP contribution in [-0.4, -0.2) is 48.6 Å². The van der Waals surface area contributed by atoms with E-state index < -0.39 is 17.3 Å². The van der Waals surface area contributed by atoms with Crippen LogP contribution >= 0.6 is 0 Å². The average molecular weight is 385 g/mol. The normalized spacial score (nSPS) is 16.2. The van der Waals surface area contributed by atoms with Crippen molar-refractivity contribution in [1.29, 1.82) is 0 Å². The number of aromatic nitrogens is 1. The molecule has 0 spiro atoms. The summed E-state index contributed by atoms with van der Waals surface area (Å²) in [6, 6.07) is 9.02. The summed E-state index contributed by atoms with van der Waals surface area (Å²) >= 11 is 0. The van der Waals surface area contributed by atoms with Crippen molar-refractivity contribution in [3.63, 3.8) is 0 Å². The number of morpholine rings is 1. The summed E-state index contributed by atoms with van der Waals surface area (Å²) in [6.07, 6.45) is 1.60. The van der Waals surface area contributed by atoms with E-state index in [9.17, 15) is 14.0 Å². The first-order valence-electron chi connectivity index (χ1n) is 9.08. The molecular formula is C20H20FN3O4. The van der Waals surface area contributed by atoms with Crippen LogP contribution in [0.5, 0.6) is 0 Å². The van der Waals surface area contributed by atoms with E-state index in [-0.39, 0.29) is 18.2 Å². The van der Waals surface area contributed by atoms with Gasteiger partial charge in [0.2, 0.25) is 0 Å². The molecule has 146 valence electrons. The zero-order chi connectivity index (χ0) is 19.5. The van der Waals surface area contributed by atoms with Crippen molar-refractivity contribution in [2.24, 2.45) is 0 Å². The van der Waals surface area contributed by atoms with Crippen LogP contribution in [0.15, 0.2) is 51.9 Å². The molecule has 0 aliphatic carbocycles. The van der Waals surface area contributed by atoms with Crippen molar-refractivity contribution in [1.82, 2.24) is 15.2 Å². The monoisotopic (exact) mass is 385 g/mol. The molecule has 7 nitrogen and oxygen atoms in total. The number of H-pyrrole nitrogens is 1. The van der Waals surface area contributed by atoms with Gasteiger partial charge in [0.1, 0.15) is 17.1 Å². The predicted molar refractivity (Wildman–Crippen MR) is 101 cm³/mol. The van der Waals surface area contributed by atoms with Gasteiger partial charge < -0.3 is 19.5 Å². The Morgan fingerprint density at radius 2 is 2.07 bits per heavy atom. The molecule has 2 N–H and O–H groups in total. The largest absolute Gasteiger partial charge is 0.468 e. The predicted octanol–water partition coefficient (Wildman–Crippen LogP) is 2.06. The number of rotatable bonds is 5. The molecule has 0 saturated carbocycles. The third-order valence-electron chi connectivity index (χ3n) is 4.87. The molecule has 28 heavy (non-hydrogen) atoms. The number of nitrogens with zero attached hydrogens (tertiary/aromatic N) is 1. The zero-order valence-corrected chi connectivity index (χ0v) is 15.1. The molecule has 1 unspecified atom stereocenters. The van der Waals surface area contributed by atoms with Crippen LogP contribution in [0.1, 0.15) is 22.2 Å². The lowest BCUT2D eigenvalue weighted by molar-refractivity contribution is 0.0118. The number of halogens is 1. The van der Waals surface area contributed by atoms with Crippen molar-refractivity contribution >= 4 is 16.8 Å². The lowest BCUT2D eigenvalue weighted by Crippen LogP contribution is -2.44. The molecule has 1 aromatic carbocycles. The minimum absolute atomic E-state index is 0.0146. The number of hydrogen-bond acceptors (Lipinski definition) is 5. The number of ether oxygens (including phenoxy) is 1. The fourth-order valence-electron chi connectivity index (χ4n) is 3.41. The maximum Gasteiger partial charge on any atom is 0.261 e. The summed E-state index contributed by atoms with van der Waals surface area (Å²) < 4.78 is 24.3. The first-order chi connectivity index (χ1) is 13.6. The van der Waals surface area contributed by atoms with Crippen molar-refractivity contribution in [2.75, 3.05) is 32.8 Å². The highest BCUT2D eigenvalue weighted by molar-refractivity contribution is 5.97. The number of carbonyl (C=O) groups is 1. The molecule has 0 radical (unpaired) electrons. The Bertz CT molecular complexity index is 1030. The second kappa shape index (κ2) is 7.95. The van der Waals surface area contributed by atoms with Crippen LogP contribution in [-0.2, 0) is 4.74 Å². The van der Waals surface area contributed by atoms with Gasteiger partial charge >= 0.3 is 0 Å². The number of furan rings is 1. The van der Waals surface area contributed by atoms with Gasteiger partial charge in [-0.15, -0.1) is 0 Å². The molecular weight excluding hydrogens is 365 g/mol. The Kier molecular flexibility index (Phi) is 5.23. The maximum atomic E-state index is 13.3. The Morgan fingerprint density at radius 3 is 2.82 bits per heavy atom. The van der Waals surface area contributed by atoms with Crippen LogP contribution in [0.25, 0.3) is 10.9 Å². The summed E-state index contributed by atoms with van der Waals surface area (Å²) in [5.41, 5.74) is -0.223. The molecule has 2 aromatic heterocycles. The SMILES string of the molecule is O=C(NCC(c1ccco1)N1CCOCC1)c1cc2ccc(F)cc2[nH]c1=O. The zero-order valence-electron chi connectivity index (χ0n) is 15.1. The van der Waals surface area contributed by atoms with Gasteiger partial charge in [-0.3, -0.25) is 14.5 Å². The smallest absolute Gasteiger partial charge is 0.261 e. The second-order valence-electron chi connectivity index (χ2n) is 6.63. The molecule has 3 aromatic rings. The molecule has 1 atom stereocenters. The van der Waals surface area contributed by atoms with E-state index in [0.717, 1.165) is 18.8 Å². The molecule has 1 amide bonds. The maximum absolute atomic E-state index is 13.3. The summed E-state index contributed by atoms with van der Waals surface area (Å²) in [4.78, 5) is 29.7. The van der Waals surface area contributed by atoms with E-state index in [1.807, 2.05) is 6.07 Å². The summed E-state index contributed by atoms with van der Waals surface area (Å²) in [7, 11) is 0. The summed E-state index contributed by atoms with van der Waals surface area (Å²) in [5.74, 6) is -0.200. The van der Waals surface area contributed by atoms with Gasteiger partial charge in [-0.05, 0) is 41.8 Å². The fraction of sp³-hybridized carbons (Fsp3) is 0.300. The quantitative estimate of drug-likeness (QED) is 0.702. The molecule has 0 bridgehead atoms. The van der Waals surface area contributed by atoms with Crippen molar-refractivity contribution < 1.29 is 18.3 Å². The number of pyridine rings is 1. The molecule has 4 rings (SSSR count). The van der Waals surface area contributed by atoms with E-state index in [4.69, 9.17) is 9.15 Å². The third-order valence-corrected chi connectivity index (χ3v) is 4.87. The molecule has 8 heteroatoms. The summed E-state index contributed by atoms with van der Waals surface area (Å²) in [5, 5.41) is 3.41. The fourth-order valence-corrected chi connectivity index (χ4v) is 3.41. The van der Waals surface area contributed by atoms with E-state index in [0.29, 0.717) is 24.1 Å². The number of aromatic amines is 1. The Morgan fingerprint density at radius 1 is 1.25 bits per heavy atom. The second-order valence-corrected chi connectivity index (χ2v) is 6.63. The van der Waals surface area contributed by atoms with Crippen LogP contribution in [0.3, 0.4) is 0 Å². The van der Waals surface area contributed by atoms with Crippen molar-refractivity contribution in [3.8, 4) is 0 Å². The number of nitrogens with one attached hydrogen (secondary N) is 2. The van der Waals surface area contributed by atoms with E-state index in [1.54, 1.807) is 12.3 Å². The lowest BCUT2D eigenvalue weighted by atomic mass is 10.1. The van der Waals surface area contributed by atoms with Gasteiger partial charge in [-0.1, -0.05) is 0 Å². The van der Waals surface area contributed by atoms with Crippen LogP contribution in [0.4, 0.5) is 4.39 Å². The Balaban J connectivity index is 1.53. The minimum Gasteiger partial charge on any atom is -0.468 e. The highest BCUT2D eigenvalue weighted by atomic mass is 19.1. The Hall–Kier alpha value is -2.97. The Labute approximate surface area is 160 Å².